The van der Waals surface area contributed by atoms with E-state index in [-0.39, 0.29) is 17.8 Å². The second kappa shape index (κ2) is 10.5. The topological polar surface area (TPSA) is 78.2 Å². The highest BCUT2D eigenvalue weighted by molar-refractivity contribution is 6.30. The van der Waals surface area contributed by atoms with Gasteiger partial charge in [0.2, 0.25) is 17.8 Å². The van der Waals surface area contributed by atoms with Gasteiger partial charge in [-0.25, -0.2) is 4.99 Å². The number of hydrogen-bond donors (Lipinski definition) is 2. The Bertz CT molecular complexity index is 608. The number of hydrogen-bond acceptors (Lipinski definition) is 2. The van der Waals surface area contributed by atoms with Crippen molar-refractivity contribution in [1.82, 2.24) is 10.6 Å². The van der Waals surface area contributed by atoms with Crippen molar-refractivity contribution >= 4 is 36.1 Å². The van der Waals surface area contributed by atoms with Gasteiger partial charge in [-0.3, -0.25) is 15.1 Å². The van der Waals surface area contributed by atoms with E-state index in [1.54, 1.807) is 20.9 Å². The van der Waals surface area contributed by atoms with Gasteiger partial charge in [0.15, 0.2) is 0 Å². The van der Waals surface area contributed by atoms with Gasteiger partial charge in [-0.2, -0.15) is 4.99 Å². The Hall–Kier alpha value is -2.21. The number of nitrogens with zero attached hydrogens (tertiary/aromatic N) is 3. The fraction of sp³-hybridized carbons (Fsp3) is 0.412. The van der Waals surface area contributed by atoms with Crippen LogP contribution in [0.3, 0.4) is 0 Å². The number of halogens is 1. The summed E-state index contributed by atoms with van der Waals surface area (Å²) in [7, 11) is 1.62. The SMILES string of the molecule is C=N/C(=N\C(=NC)NCCCc1ccc(Cl)cc1)NC(=O)C(C)C. The first kappa shape index (κ1) is 19.8. The molecule has 1 aromatic rings. The quantitative estimate of drug-likeness (QED) is 0.487. The molecule has 1 rings (SSSR count). The molecule has 0 aliphatic rings. The Labute approximate surface area is 148 Å². The highest BCUT2D eigenvalue weighted by Gasteiger charge is 2.09. The van der Waals surface area contributed by atoms with E-state index in [1.165, 1.54) is 5.56 Å². The van der Waals surface area contributed by atoms with Crippen molar-refractivity contribution < 1.29 is 4.79 Å². The largest absolute Gasteiger partial charge is 0.354 e. The van der Waals surface area contributed by atoms with Gasteiger partial charge in [0.25, 0.3) is 0 Å². The van der Waals surface area contributed by atoms with Crippen LogP contribution >= 0.6 is 11.6 Å². The monoisotopic (exact) mass is 349 g/mol. The minimum atomic E-state index is -0.167. The number of guanidine groups is 2. The van der Waals surface area contributed by atoms with Crippen LogP contribution in [0.15, 0.2) is 39.2 Å². The molecule has 7 heteroatoms. The molecule has 0 bridgehead atoms. The first-order chi connectivity index (χ1) is 11.5. The zero-order chi connectivity index (χ0) is 17.9. The molecule has 0 atom stereocenters. The second-order valence-corrected chi connectivity index (χ2v) is 5.88. The van der Waals surface area contributed by atoms with Gasteiger partial charge in [0, 0.05) is 24.5 Å². The predicted molar refractivity (Wildman–Crippen MR) is 101 cm³/mol. The molecule has 0 aliphatic heterocycles. The molecular weight excluding hydrogens is 326 g/mol. The van der Waals surface area contributed by atoms with Crippen molar-refractivity contribution in [2.75, 3.05) is 13.6 Å². The second-order valence-electron chi connectivity index (χ2n) is 5.44. The summed E-state index contributed by atoms with van der Waals surface area (Å²) in [6, 6.07) is 7.78. The number of rotatable bonds is 5. The van der Waals surface area contributed by atoms with Gasteiger partial charge in [-0.15, -0.1) is 0 Å². The van der Waals surface area contributed by atoms with E-state index in [4.69, 9.17) is 11.6 Å². The summed E-state index contributed by atoms with van der Waals surface area (Å²) in [5.74, 6) is 0.211. The van der Waals surface area contributed by atoms with Gasteiger partial charge in [0.1, 0.15) is 0 Å². The number of benzene rings is 1. The minimum absolute atomic E-state index is 0.138. The van der Waals surface area contributed by atoms with Crippen LogP contribution in [0.1, 0.15) is 25.8 Å². The van der Waals surface area contributed by atoms with Crippen LogP contribution in [0.25, 0.3) is 0 Å². The maximum Gasteiger partial charge on any atom is 0.232 e. The Balaban J connectivity index is 2.48. The number of amides is 1. The summed E-state index contributed by atoms with van der Waals surface area (Å²) < 4.78 is 0. The van der Waals surface area contributed by atoms with Crippen molar-refractivity contribution in [3.05, 3.63) is 34.9 Å². The van der Waals surface area contributed by atoms with E-state index in [0.717, 1.165) is 17.9 Å². The summed E-state index contributed by atoms with van der Waals surface area (Å²) in [5.41, 5.74) is 1.22. The van der Waals surface area contributed by atoms with Gasteiger partial charge in [-0.1, -0.05) is 37.6 Å². The van der Waals surface area contributed by atoms with Crippen molar-refractivity contribution in [2.24, 2.45) is 20.9 Å². The van der Waals surface area contributed by atoms with Crippen molar-refractivity contribution in [2.45, 2.75) is 26.7 Å². The lowest BCUT2D eigenvalue weighted by Crippen LogP contribution is -2.34. The van der Waals surface area contributed by atoms with Crippen LogP contribution in [0.2, 0.25) is 5.02 Å². The maximum absolute atomic E-state index is 11.7. The molecular formula is C17H24ClN5O. The molecule has 0 heterocycles. The van der Waals surface area contributed by atoms with E-state index in [9.17, 15) is 4.79 Å². The number of aliphatic imine (C=N–C) groups is 3. The van der Waals surface area contributed by atoms with Crippen molar-refractivity contribution in [3.8, 4) is 0 Å². The molecule has 6 nitrogen and oxygen atoms in total. The van der Waals surface area contributed by atoms with Crippen LogP contribution in [0.5, 0.6) is 0 Å². The van der Waals surface area contributed by atoms with Gasteiger partial charge in [-0.05, 0) is 37.3 Å². The van der Waals surface area contributed by atoms with Crippen molar-refractivity contribution in [1.29, 1.82) is 0 Å². The smallest absolute Gasteiger partial charge is 0.232 e. The number of aryl methyl sites for hydroxylation is 1. The average Bonchev–Trinajstić information content (AvgIpc) is 2.57. The molecule has 0 aromatic heterocycles. The van der Waals surface area contributed by atoms with Crippen LogP contribution in [-0.4, -0.2) is 38.1 Å². The van der Waals surface area contributed by atoms with E-state index >= 15 is 0 Å². The molecule has 0 saturated carbocycles. The third kappa shape index (κ3) is 7.37. The van der Waals surface area contributed by atoms with Crippen LogP contribution in [0.4, 0.5) is 0 Å². The molecule has 0 radical (unpaired) electrons. The first-order valence-corrected chi connectivity index (χ1v) is 8.15. The average molecular weight is 350 g/mol. The van der Waals surface area contributed by atoms with E-state index in [2.05, 4.69) is 32.3 Å². The number of carbonyl (C=O) groups is 1. The lowest BCUT2D eigenvalue weighted by Gasteiger charge is -2.09. The molecule has 0 saturated heterocycles. The Morgan fingerprint density at radius 2 is 1.92 bits per heavy atom. The number of carbonyl (C=O) groups excluding carboxylic acids is 1. The molecule has 0 unspecified atom stereocenters. The predicted octanol–water partition coefficient (Wildman–Crippen LogP) is 2.68. The molecule has 1 amide bonds. The first-order valence-electron chi connectivity index (χ1n) is 7.77. The molecule has 130 valence electrons. The Kier molecular flexibility index (Phi) is 8.71. The molecule has 2 N–H and O–H groups in total. The fourth-order valence-electron chi connectivity index (χ4n) is 1.77. The van der Waals surface area contributed by atoms with E-state index < -0.39 is 0 Å². The van der Waals surface area contributed by atoms with Gasteiger partial charge < -0.3 is 5.32 Å². The zero-order valence-corrected chi connectivity index (χ0v) is 15.1. The third-order valence-corrected chi connectivity index (χ3v) is 3.42. The van der Waals surface area contributed by atoms with Crippen LogP contribution in [0, 0.1) is 5.92 Å². The Morgan fingerprint density at radius 1 is 1.25 bits per heavy atom. The van der Waals surface area contributed by atoms with E-state index in [1.807, 2.05) is 24.3 Å². The standard InChI is InChI=1S/C17H24ClN5O/c1-12(2)15(24)22-17(20-4)23-16(19-3)21-11-5-6-13-7-9-14(18)10-8-13/h7-10,12H,4-6,11H2,1-3H3,(H2,19,21,22,23,24). The molecule has 0 aliphatic carbocycles. The fourth-order valence-corrected chi connectivity index (χ4v) is 1.90. The summed E-state index contributed by atoms with van der Waals surface area (Å²) >= 11 is 5.86. The van der Waals surface area contributed by atoms with Crippen LogP contribution < -0.4 is 10.6 Å². The molecule has 0 fully saturated rings. The normalized spacial score (nSPS) is 12.2. The molecule has 0 spiro atoms. The molecule has 24 heavy (non-hydrogen) atoms. The third-order valence-electron chi connectivity index (χ3n) is 3.17. The zero-order valence-electron chi connectivity index (χ0n) is 14.3. The summed E-state index contributed by atoms with van der Waals surface area (Å²) in [6.45, 7) is 7.69. The summed E-state index contributed by atoms with van der Waals surface area (Å²) in [5, 5.41) is 6.45. The molecule has 1 aromatic carbocycles. The van der Waals surface area contributed by atoms with E-state index in [0.29, 0.717) is 12.5 Å². The van der Waals surface area contributed by atoms with Gasteiger partial charge >= 0.3 is 0 Å². The lowest BCUT2D eigenvalue weighted by molar-refractivity contribution is -0.122. The Morgan fingerprint density at radius 3 is 2.46 bits per heavy atom. The lowest BCUT2D eigenvalue weighted by atomic mass is 10.1. The summed E-state index contributed by atoms with van der Waals surface area (Å²) in [4.78, 5) is 23.6. The van der Waals surface area contributed by atoms with Gasteiger partial charge in [0.05, 0.1) is 0 Å². The van der Waals surface area contributed by atoms with Crippen LogP contribution in [-0.2, 0) is 11.2 Å². The summed E-state index contributed by atoms with van der Waals surface area (Å²) in [6.07, 6.45) is 1.83. The highest BCUT2D eigenvalue weighted by Crippen LogP contribution is 2.10. The van der Waals surface area contributed by atoms with Crippen molar-refractivity contribution in [3.63, 3.8) is 0 Å². The highest BCUT2D eigenvalue weighted by atomic mass is 35.5. The minimum Gasteiger partial charge on any atom is -0.354 e. The number of nitrogens with one attached hydrogen (secondary N) is 2. The maximum atomic E-state index is 11.7.